The lowest BCUT2D eigenvalue weighted by Crippen LogP contribution is -2.43. The van der Waals surface area contributed by atoms with Gasteiger partial charge in [0.15, 0.2) is 0 Å². The SMILES string of the molecule is Cn1nnc2c1CCN(C1CCCC1)C2COCc1ccccc1. The first-order chi connectivity index (χ1) is 11.8. The van der Waals surface area contributed by atoms with E-state index in [-0.39, 0.29) is 6.04 Å². The van der Waals surface area contributed by atoms with Gasteiger partial charge in [0.25, 0.3) is 0 Å². The third kappa shape index (κ3) is 3.10. The van der Waals surface area contributed by atoms with E-state index in [2.05, 4.69) is 39.5 Å². The van der Waals surface area contributed by atoms with Crippen LogP contribution in [0.4, 0.5) is 0 Å². The van der Waals surface area contributed by atoms with Crippen LogP contribution < -0.4 is 0 Å². The summed E-state index contributed by atoms with van der Waals surface area (Å²) in [5, 5.41) is 8.74. The summed E-state index contributed by atoms with van der Waals surface area (Å²) in [7, 11) is 2.00. The standard InChI is InChI=1S/C19H26N4O/c1-22-17-11-12-23(16-9-5-6-10-16)18(19(17)20-21-22)14-24-13-15-7-3-2-4-8-15/h2-4,7-8,16,18H,5-6,9-14H2,1H3. The van der Waals surface area contributed by atoms with E-state index >= 15 is 0 Å². The Morgan fingerprint density at radius 3 is 2.75 bits per heavy atom. The second-order valence-electron chi connectivity index (χ2n) is 6.99. The molecule has 4 rings (SSSR count). The summed E-state index contributed by atoms with van der Waals surface area (Å²) in [6.07, 6.45) is 6.37. The summed E-state index contributed by atoms with van der Waals surface area (Å²) in [4.78, 5) is 2.63. The molecule has 24 heavy (non-hydrogen) atoms. The second kappa shape index (κ2) is 7.03. The fraction of sp³-hybridized carbons (Fsp3) is 0.579. The number of aryl methyl sites for hydroxylation is 1. The van der Waals surface area contributed by atoms with Gasteiger partial charge in [-0.3, -0.25) is 9.58 Å². The van der Waals surface area contributed by atoms with Crippen molar-refractivity contribution in [3.05, 3.63) is 47.3 Å². The monoisotopic (exact) mass is 326 g/mol. The van der Waals surface area contributed by atoms with Gasteiger partial charge in [-0.2, -0.15) is 0 Å². The Hall–Kier alpha value is -1.72. The topological polar surface area (TPSA) is 43.2 Å². The predicted molar refractivity (Wildman–Crippen MR) is 92.5 cm³/mol. The summed E-state index contributed by atoms with van der Waals surface area (Å²) in [6, 6.07) is 11.3. The summed E-state index contributed by atoms with van der Waals surface area (Å²) >= 11 is 0. The number of rotatable bonds is 5. The van der Waals surface area contributed by atoms with Crippen LogP contribution in [0, 0.1) is 0 Å². The number of hydrogen-bond acceptors (Lipinski definition) is 4. The van der Waals surface area contributed by atoms with Crippen LogP contribution in [0.15, 0.2) is 30.3 Å². The average molecular weight is 326 g/mol. The van der Waals surface area contributed by atoms with Crippen LogP contribution in [0.3, 0.4) is 0 Å². The van der Waals surface area contributed by atoms with Crippen molar-refractivity contribution in [1.82, 2.24) is 19.9 Å². The predicted octanol–water partition coefficient (Wildman–Crippen LogP) is 2.87. The van der Waals surface area contributed by atoms with E-state index in [9.17, 15) is 0 Å². The van der Waals surface area contributed by atoms with Gasteiger partial charge in [-0.15, -0.1) is 5.10 Å². The van der Waals surface area contributed by atoms with E-state index < -0.39 is 0 Å². The molecule has 128 valence electrons. The highest BCUT2D eigenvalue weighted by atomic mass is 16.5. The maximum Gasteiger partial charge on any atom is 0.105 e. The molecule has 0 N–H and O–H groups in total. The van der Waals surface area contributed by atoms with E-state index in [0.717, 1.165) is 18.7 Å². The Labute approximate surface area is 143 Å². The van der Waals surface area contributed by atoms with Crippen molar-refractivity contribution in [1.29, 1.82) is 0 Å². The Morgan fingerprint density at radius 1 is 1.17 bits per heavy atom. The molecule has 2 aliphatic rings. The van der Waals surface area contributed by atoms with Crippen LogP contribution in [0.1, 0.15) is 48.7 Å². The van der Waals surface area contributed by atoms with Gasteiger partial charge in [0.2, 0.25) is 0 Å². The van der Waals surface area contributed by atoms with Crippen molar-refractivity contribution in [2.75, 3.05) is 13.2 Å². The van der Waals surface area contributed by atoms with Crippen LogP contribution in [-0.4, -0.2) is 39.1 Å². The number of nitrogens with zero attached hydrogens (tertiary/aromatic N) is 4. The minimum Gasteiger partial charge on any atom is -0.375 e. The van der Waals surface area contributed by atoms with Gasteiger partial charge in [-0.05, 0) is 18.4 Å². The van der Waals surface area contributed by atoms with Gasteiger partial charge >= 0.3 is 0 Å². The molecule has 1 fully saturated rings. The number of ether oxygens (including phenoxy) is 1. The first-order valence-corrected chi connectivity index (χ1v) is 9.09. The first kappa shape index (κ1) is 15.8. The summed E-state index contributed by atoms with van der Waals surface area (Å²) in [5.41, 5.74) is 3.63. The Balaban J connectivity index is 1.49. The zero-order valence-corrected chi connectivity index (χ0v) is 14.4. The molecule has 1 aromatic heterocycles. The van der Waals surface area contributed by atoms with Crippen LogP contribution >= 0.6 is 0 Å². The maximum atomic E-state index is 6.10. The van der Waals surface area contributed by atoms with Crippen LogP contribution in [-0.2, 0) is 24.8 Å². The molecule has 5 nitrogen and oxygen atoms in total. The zero-order valence-electron chi connectivity index (χ0n) is 14.4. The molecule has 5 heteroatoms. The van der Waals surface area contributed by atoms with Gasteiger partial charge in [-0.25, -0.2) is 0 Å². The quantitative estimate of drug-likeness (QED) is 0.847. The molecule has 1 aromatic carbocycles. The highest BCUT2D eigenvalue weighted by Crippen LogP contribution is 2.35. The van der Waals surface area contributed by atoms with Gasteiger partial charge < -0.3 is 4.74 Å². The summed E-state index contributed by atoms with van der Waals surface area (Å²) < 4.78 is 8.03. The Bertz CT molecular complexity index is 663. The Morgan fingerprint density at radius 2 is 1.96 bits per heavy atom. The maximum absolute atomic E-state index is 6.10. The van der Waals surface area contributed by atoms with Crippen molar-refractivity contribution in [2.24, 2.45) is 7.05 Å². The van der Waals surface area contributed by atoms with Crippen molar-refractivity contribution in [3.8, 4) is 0 Å². The fourth-order valence-electron chi connectivity index (χ4n) is 4.20. The molecule has 0 saturated heterocycles. The van der Waals surface area contributed by atoms with Crippen molar-refractivity contribution >= 4 is 0 Å². The van der Waals surface area contributed by atoms with Gasteiger partial charge in [0.05, 0.1) is 24.9 Å². The van der Waals surface area contributed by atoms with E-state index in [1.165, 1.54) is 36.9 Å². The zero-order chi connectivity index (χ0) is 16.4. The van der Waals surface area contributed by atoms with Crippen molar-refractivity contribution < 1.29 is 4.74 Å². The lowest BCUT2D eigenvalue weighted by molar-refractivity contribution is 0.0228. The van der Waals surface area contributed by atoms with Gasteiger partial charge in [0.1, 0.15) is 5.69 Å². The van der Waals surface area contributed by atoms with E-state index in [1.54, 1.807) is 0 Å². The molecule has 1 unspecified atom stereocenters. The lowest BCUT2D eigenvalue weighted by Gasteiger charge is -2.38. The molecular weight excluding hydrogens is 300 g/mol. The average Bonchev–Trinajstić information content (AvgIpc) is 3.26. The largest absolute Gasteiger partial charge is 0.375 e. The molecular formula is C19H26N4O. The molecule has 1 aliphatic carbocycles. The first-order valence-electron chi connectivity index (χ1n) is 9.09. The molecule has 1 aliphatic heterocycles. The normalized spacial score (nSPS) is 22.0. The minimum atomic E-state index is 0.245. The number of hydrogen-bond donors (Lipinski definition) is 0. The summed E-state index contributed by atoms with van der Waals surface area (Å²) in [5.74, 6) is 0. The van der Waals surface area contributed by atoms with Crippen molar-refractivity contribution in [3.63, 3.8) is 0 Å². The van der Waals surface area contributed by atoms with Gasteiger partial charge in [-0.1, -0.05) is 48.4 Å². The third-order valence-electron chi connectivity index (χ3n) is 5.48. The third-order valence-corrected chi connectivity index (χ3v) is 5.48. The number of aromatic nitrogens is 3. The Kier molecular flexibility index (Phi) is 4.63. The minimum absolute atomic E-state index is 0.245. The number of benzene rings is 1. The summed E-state index contributed by atoms with van der Waals surface area (Å²) in [6.45, 7) is 2.45. The molecule has 0 spiro atoms. The fourth-order valence-corrected chi connectivity index (χ4v) is 4.20. The second-order valence-corrected chi connectivity index (χ2v) is 6.99. The molecule has 0 amide bonds. The number of fused-ring (bicyclic) bond motifs is 1. The van der Waals surface area contributed by atoms with Crippen LogP contribution in [0.5, 0.6) is 0 Å². The smallest absolute Gasteiger partial charge is 0.105 e. The van der Waals surface area contributed by atoms with Crippen LogP contribution in [0.25, 0.3) is 0 Å². The van der Waals surface area contributed by atoms with E-state index in [1.807, 2.05) is 17.8 Å². The van der Waals surface area contributed by atoms with E-state index in [0.29, 0.717) is 19.3 Å². The highest BCUT2D eigenvalue weighted by Gasteiger charge is 2.36. The molecule has 2 heterocycles. The van der Waals surface area contributed by atoms with Crippen molar-refractivity contribution in [2.45, 2.75) is 50.8 Å². The molecule has 0 radical (unpaired) electrons. The van der Waals surface area contributed by atoms with E-state index in [4.69, 9.17) is 4.74 Å². The molecule has 0 bridgehead atoms. The molecule has 1 atom stereocenters. The highest BCUT2D eigenvalue weighted by molar-refractivity contribution is 5.20. The van der Waals surface area contributed by atoms with Gasteiger partial charge in [0, 0.05) is 26.1 Å². The van der Waals surface area contributed by atoms with Crippen LogP contribution in [0.2, 0.25) is 0 Å². The lowest BCUT2D eigenvalue weighted by atomic mass is 10.00. The molecule has 2 aromatic rings. The molecule has 1 saturated carbocycles.